The van der Waals surface area contributed by atoms with E-state index >= 15 is 0 Å². The van der Waals surface area contributed by atoms with Crippen molar-refractivity contribution in [1.82, 2.24) is 0 Å². The van der Waals surface area contributed by atoms with Gasteiger partial charge in [-0.3, -0.25) is 9.59 Å². The van der Waals surface area contributed by atoms with Gasteiger partial charge in [0, 0.05) is 28.5 Å². The predicted octanol–water partition coefficient (Wildman–Crippen LogP) is 4.39. The molecule has 7 heteroatoms. The first kappa shape index (κ1) is 17.6. The van der Waals surface area contributed by atoms with Gasteiger partial charge >= 0.3 is 0 Å². The number of rotatable bonds is 3. The molecule has 4 N–H and O–H groups in total. The molecule has 1 atom stereocenters. The number of carbonyl (C=O) groups is 2. The molecule has 1 aromatic heterocycles. The highest BCUT2D eigenvalue weighted by Crippen LogP contribution is 2.47. The Morgan fingerprint density at radius 2 is 1.81 bits per heavy atom. The van der Waals surface area contributed by atoms with E-state index in [0.717, 1.165) is 11.1 Å². The number of carbonyl (C=O) groups excluding carboxylic acids is 2. The lowest BCUT2D eigenvalue weighted by Gasteiger charge is -2.23. The van der Waals surface area contributed by atoms with Crippen LogP contribution in [0.5, 0.6) is 5.75 Å². The van der Waals surface area contributed by atoms with E-state index in [1.54, 1.807) is 48.5 Å². The van der Waals surface area contributed by atoms with Gasteiger partial charge < -0.3 is 16.2 Å². The van der Waals surface area contributed by atoms with E-state index in [0.29, 0.717) is 26.2 Å². The van der Waals surface area contributed by atoms with E-state index in [2.05, 4.69) is 5.32 Å². The zero-order valence-electron chi connectivity index (χ0n) is 14.0. The number of benzene rings is 2. The van der Waals surface area contributed by atoms with E-state index in [1.807, 2.05) is 0 Å². The SMILES string of the molecule is Nc1c(C(=O)c2ccc(Cl)cc2)sc2c1[C@H](c1ccc(O)cc1)CC(=O)N2. The summed E-state index contributed by atoms with van der Waals surface area (Å²) in [6, 6.07) is 13.3. The van der Waals surface area contributed by atoms with Gasteiger partial charge in [0.25, 0.3) is 0 Å². The number of aromatic hydroxyl groups is 1. The highest BCUT2D eigenvalue weighted by atomic mass is 35.5. The number of fused-ring (bicyclic) bond motifs is 1. The number of nitrogen functional groups attached to an aromatic ring is 1. The Hall–Kier alpha value is -2.83. The van der Waals surface area contributed by atoms with Gasteiger partial charge in [-0.25, -0.2) is 0 Å². The number of phenols is 1. The number of nitrogens with one attached hydrogen (secondary N) is 1. The van der Waals surface area contributed by atoms with Crippen molar-refractivity contribution >= 4 is 45.3 Å². The molecular formula is C20H15ClN2O3S. The maximum absolute atomic E-state index is 12.9. The minimum Gasteiger partial charge on any atom is -0.508 e. The number of halogens is 1. The zero-order valence-corrected chi connectivity index (χ0v) is 15.6. The summed E-state index contributed by atoms with van der Waals surface area (Å²) in [7, 11) is 0. The van der Waals surface area contributed by atoms with E-state index in [1.165, 1.54) is 11.3 Å². The minimum absolute atomic E-state index is 0.132. The lowest BCUT2D eigenvalue weighted by Crippen LogP contribution is -2.22. The monoisotopic (exact) mass is 398 g/mol. The van der Waals surface area contributed by atoms with E-state index < -0.39 is 0 Å². The summed E-state index contributed by atoms with van der Waals surface area (Å²) in [5, 5.41) is 13.5. The second kappa shape index (κ2) is 6.72. The molecule has 1 aliphatic heterocycles. The molecule has 5 nitrogen and oxygen atoms in total. The normalized spacial score (nSPS) is 15.9. The number of hydrogen-bond acceptors (Lipinski definition) is 5. The van der Waals surface area contributed by atoms with Crippen molar-refractivity contribution in [2.24, 2.45) is 0 Å². The van der Waals surface area contributed by atoms with Crippen molar-refractivity contribution in [3.63, 3.8) is 0 Å². The Morgan fingerprint density at radius 1 is 1.15 bits per heavy atom. The van der Waals surface area contributed by atoms with Gasteiger partial charge in [-0.05, 0) is 42.0 Å². The van der Waals surface area contributed by atoms with Crippen LogP contribution < -0.4 is 11.1 Å². The first-order chi connectivity index (χ1) is 12.9. The molecule has 2 aromatic carbocycles. The molecule has 0 saturated carbocycles. The third-order valence-corrected chi connectivity index (χ3v) is 5.97. The molecule has 0 bridgehead atoms. The second-order valence-corrected chi connectivity index (χ2v) is 7.78. The molecule has 136 valence electrons. The summed E-state index contributed by atoms with van der Waals surface area (Å²) < 4.78 is 0. The third kappa shape index (κ3) is 3.18. The van der Waals surface area contributed by atoms with Crippen LogP contribution in [-0.4, -0.2) is 16.8 Å². The summed E-state index contributed by atoms with van der Waals surface area (Å²) in [6.45, 7) is 0. The fourth-order valence-corrected chi connectivity index (χ4v) is 4.54. The van der Waals surface area contributed by atoms with Crippen molar-refractivity contribution in [1.29, 1.82) is 0 Å². The Labute approximate surface area is 164 Å². The predicted molar refractivity (Wildman–Crippen MR) is 107 cm³/mol. The smallest absolute Gasteiger partial charge is 0.225 e. The average Bonchev–Trinajstić information content (AvgIpc) is 2.98. The van der Waals surface area contributed by atoms with Crippen LogP contribution in [0.2, 0.25) is 5.02 Å². The maximum Gasteiger partial charge on any atom is 0.225 e. The van der Waals surface area contributed by atoms with Crippen molar-refractivity contribution in [3.05, 3.63) is 75.1 Å². The zero-order chi connectivity index (χ0) is 19.1. The van der Waals surface area contributed by atoms with Crippen LogP contribution >= 0.6 is 22.9 Å². The van der Waals surface area contributed by atoms with E-state index in [9.17, 15) is 14.7 Å². The molecule has 1 aliphatic rings. The Balaban J connectivity index is 1.79. The Kier molecular flexibility index (Phi) is 4.37. The lowest BCUT2D eigenvalue weighted by atomic mass is 9.86. The number of amides is 1. The van der Waals surface area contributed by atoms with Gasteiger partial charge in [0.2, 0.25) is 11.7 Å². The number of nitrogens with two attached hydrogens (primary N) is 1. The largest absolute Gasteiger partial charge is 0.508 e. The quantitative estimate of drug-likeness (QED) is 0.570. The second-order valence-electron chi connectivity index (χ2n) is 6.32. The third-order valence-electron chi connectivity index (χ3n) is 4.58. The van der Waals surface area contributed by atoms with Crippen molar-refractivity contribution in [2.75, 3.05) is 11.1 Å². The number of anilines is 2. The van der Waals surface area contributed by atoms with E-state index in [4.69, 9.17) is 17.3 Å². The molecule has 0 fully saturated rings. The first-order valence-corrected chi connectivity index (χ1v) is 9.44. The van der Waals surface area contributed by atoms with Gasteiger partial charge in [-0.2, -0.15) is 0 Å². The van der Waals surface area contributed by atoms with Gasteiger partial charge in [0.15, 0.2) is 0 Å². The summed E-state index contributed by atoms with van der Waals surface area (Å²) in [5.41, 5.74) is 8.84. The summed E-state index contributed by atoms with van der Waals surface area (Å²) in [6.07, 6.45) is 0.229. The van der Waals surface area contributed by atoms with Gasteiger partial charge in [-0.15, -0.1) is 11.3 Å². The van der Waals surface area contributed by atoms with Crippen molar-refractivity contribution < 1.29 is 14.7 Å². The molecule has 0 spiro atoms. The molecule has 2 heterocycles. The summed E-state index contributed by atoms with van der Waals surface area (Å²) >= 11 is 7.08. The first-order valence-electron chi connectivity index (χ1n) is 8.25. The molecule has 0 saturated heterocycles. The number of thiophene rings is 1. The fourth-order valence-electron chi connectivity index (χ4n) is 3.25. The highest BCUT2D eigenvalue weighted by Gasteiger charge is 2.33. The Bertz CT molecular complexity index is 1040. The molecule has 27 heavy (non-hydrogen) atoms. The van der Waals surface area contributed by atoms with Gasteiger partial charge in [0.05, 0.1) is 5.69 Å². The molecule has 0 radical (unpaired) electrons. The van der Waals surface area contributed by atoms with E-state index in [-0.39, 0.29) is 29.8 Å². The van der Waals surface area contributed by atoms with Crippen molar-refractivity contribution in [3.8, 4) is 5.75 Å². The fraction of sp³-hybridized carbons (Fsp3) is 0.100. The van der Waals surface area contributed by atoms with Crippen LogP contribution in [-0.2, 0) is 4.79 Å². The standard InChI is InChI=1S/C20H15ClN2O3S/c21-12-5-1-11(2-6-12)18(26)19-17(22)16-14(9-15(25)23-20(16)27-19)10-3-7-13(24)8-4-10/h1-8,14,24H,9,22H2,(H,23,25)/t14-/m0/s1. The van der Waals surface area contributed by atoms with Crippen LogP contribution in [0.25, 0.3) is 0 Å². The average molecular weight is 399 g/mol. The van der Waals surface area contributed by atoms with Crippen LogP contribution in [0.1, 0.15) is 38.7 Å². The molecule has 1 amide bonds. The van der Waals surface area contributed by atoms with Crippen LogP contribution in [0, 0.1) is 0 Å². The molecule has 0 aliphatic carbocycles. The Morgan fingerprint density at radius 3 is 2.48 bits per heavy atom. The molecular weight excluding hydrogens is 384 g/mol. The van der Waals surface area contributed by atoms with Gasteiger partial charge in [-0.1, -0.05) is 23.7 Å². The number of ketones is 1. The molecule has 0 unspecified atom stereocenters. The van der Waals surface area contributed by atoms with Crippen LogP contribution in [0.4, 0.5) is 10.7 Å². The minimum atomic E-state index is -0.266. The summed E-state index contributed by atoms with van der Waals surface area (Å²) in [5.74, 6) is -0.455. The highest BCUT2D eigenvalue weighted by molar-refractivity contribution is 7.19. The van der Waals surface area contributed by atoms with Gasteiger partial charge in [0.1, 0.15) is 15.6 Å². The maximum atomic E-state index is 12.9. The number of hydrogen-bond donors (Lipinski definition) is 3. The van der Waals surface area contributed by atoms with Crippen LogP contribution in [0.3, 0.4) is 0 Å². The number of phenolic OH excluding ortho intramolecular Hbond substituents is 1. The summed E-state index contributed by atoms with van der Waals surface area (Å²) in [4.78, 5) is 25.5. The topological polar surface area (TPSA) is 92.4 Å². The lowest BCUT2D eigenvalue weighted by molar-refractivity contribution is -0.116. The van der Waals surface area contributed by atoms with Crippen molar-refractivity contribution in [2.45, 2.75) is 12.3 Å². The van der Waals surface area contributed by atoms with Crippen LogP contribution in [0.15, 0.2) is 48.5 Å². The molecule has 4 rings (SSSR count). The molecule has 3 aromatic rings.